The van der Waals surface area contributed by atoms with Gasteiger partial charge in [0.25, 0.3) is 5.92 Å². The van der Waals surface area contributed by atoms with Crippen LogP contribution in [0.3, 0.4) is 0 Å². The van der Waals surface area contributed by atoms with Gasteiger partial charge in [0.05, 0.1) is 22.5 Å². The minimum Gasteiger partial charge on any atom is -0.459 e. The molecule has 1 saturated carbocycles. The van der Waals surface area contributed by atoms with Crippen molar-refractivity contribution in [3.8, 4) is 0 Å². The summed E-state index contributed by atoms with van der Waals surface area (Å²) >= 11 is 12.0. The molecule has 0 bridgehead atoms. The Morgan fingerprint density at radius 2 is 1.62 bits per heavy atom. The second-order valence-corrected chi connectivity index (χ2v) is 11.1. The van der Waals surface area contributed by atoms with Crippen LogP contribution in [-0.2, 0) is 20.7 Å². The number of alkyl halides is 5. The molecule has 1 aliphatic rings. The van der Waals surface area contributed by atoms with Crippen molar-refractivity contribution in [2.45, 2.75) is 64.2 Å². The van der Waals surface area contributed by atoms with Gasteiger partial charge in [0.15, 0.2) is 0 Å². The molecule has 0 saturated heterocycles. The second-order valence-electron chi connectivity index (χ2n) is 10.3. The van der Waals surface area contributed by atoms with Gasteiger partial charge in [0.1, 0.15) is 11.0 Å². The molecule has 0 aliphatic heterocycles. The number of halogens is 7. The molecule has 0 radical (unpaired) electrons. The fourth-order valence-corrected chi connectivity index (χ4v) is 4.35. The first-order valence-electron chi connectivity index (χ1n) is 11.4. The van der Waals surface area contributed by atoms with Crippen LogP contribution in [0.15, 0.2) is 42.5 Å². The molecule has 202 valence electrons. The molecule has 1 N–H and O–H groups in total. The molecule has 1 amide bonds. The SMILES string of the molecule is C[C@H]([C@H](C(=O)Nc1cc(CC2(C(=O)OC(C)(C)C)CC2(F)F)ccc1Cl)c1ccc(Cl)cc1)C(F)(F)F. The van der Waals surface area contributed by atoms with Crippen LogP contribution in [0.1, 0.15) is 51.2 Å². The minimum absolute atomic E-state index is 0.0134. The van der Waals surface area contributed by atoms with E-state index in [4.69, 9.17) is 27.9 Å². The van der Waals surface area contributed by atoms with Crippen LogP contribution in [0.4, 0.5) is 27.6 Å². The summed E-state index contributed by atoms with van der Waals surface area (Å²) in [5.41, 5.74) is -2.81. The highest BCUT2D eigenvalue weighted by Crippen LogP contribution is 2.63. The van der Waals surface area contributed by atoms with E-state index in [2.05, 4.69) is 5.32 Å². The molecule has 11 heteroatoms. The highest BCUT2D eigenvalue weighted by molar-refractivity contribution is 6.33. The van der Waals surface area contributed by atoms with Crippen molar-refractivity contribution in [2.24, 2.45) is 11.3 Å². The van der Waals surface area contributed by atoms with Crippen LogP contribution in [-0.4, -0.2) is 29.6 Å². The Morgan fingerprint density at radius 3 is 2.11 bits per heavy atom. The van der Waals surface area contributed by atoms with E-state index in [0.29, 0.717) is 0 Å². The van der Waals surface area contributed by atoms with E-state index in [0.717, 1.165) is 6.92 Å². The number of nitrogens with one attached hydrogen (secondary N) is 1. The van der Waals surface area contributed by atoms with Gasteiger partial charge < -0.3 is 10.1 Å². The van der Waals surface area contributed by atoms with E-state index in [9.17, 15) is 31.5 Å². The number of ether oxygens (including phenoxy) is 1. The normalized spacial score (nSPS) is 20.6. The van der Waals surface area contributed by atoms with Gasteiger partial charge in [-0.1, -0.05) is 48.3 Å². The van der Waals surface area contributed by atoms with E-state index < -0.39 is 59.7 Å². The lowest BCUT2D eigenvalue weighted by molar-refractivity contribution is -0.178. The zero-order chi connectivity index (χ0) is 28.0. The maximum absolute atomic E-state index is 14.4. The molecule has 2 aromatic carbocycles. The fraction of sp³-hybridized carbons (Fsp3) is 0.462. The monoisotopic (exact) mass is 565 g/mol. The number of anilines is 1. The van der Waals surface area contributed by atoms with Gasteiger partial charge in [-0.2, -0.15) is 13.2 Å². The number of rotatable bonds is 7. The molecular weight excluding hydrogens is 540 g/mol. The molecule has 37 heavy (non-hydrogen) atoms. The summed E-state index contributed by atoms with van der Waals surface area (Å²) in [4.78, 5) is 25.7. The zero-order valence-electron chi connectivity index (χ0n) is 20.5. The summed E-state index contributed by atoms with van der Waals surface area (Å²) in [6.07, 6.45) is -5.81. The highest BCUT2D eigenvalue weighted by atomic mass is 35.5. The summed E-state index contributed by atoms with van der Waals surface area (Å²) in [6.45, 7) is 5.58. The van der Waals surface area contributed by atoms with Crippen molar-refractivity contribution in [1.29, 1.82) is 0 Å². The fourth-order valence-electron chi connectivity index (χ4n) is 4.06. The van der Waals surface area contributed by atoms with Crippen LogP contribution >= 0.6 is 23.2 Å². The molecule has 1 fully saturated rings. The maximum Gasteiger partial charge on any atom is 0.392 e. The van der Waals surface area contributed by atoms with Crippen LogP contribution in [0, 0.1) is 11.3 Å². The third-order valence-corrected chi connectivity index (χ3v) is 6.79. The summed E-state index contributed by atoms with van der Waals surface area (Å²) in [7, 11) is 0. The molecule has 2 aromatic rings. The number of carbonyl (C=O) groups is 2. The van der Waals surface area contributed by atoms with Crippen molar-refractivity contribution >= 4 is 40.8 Å². The molecule has 1 aliphatic carbocycles. The second kappa shape index (κ2) is 10.1. The number of esters is 1. The molecular formula is C26H26Cl2F5NO3. The molecule has 3 atom stereocenters. The molecule has 0 aromatic heterocycles. The standard InChI is InChI=1S/C26H26Cl2F5NO3/c1-14(26(31,32)33)20(16-6-8-17(27)9-7-16)21(35)34-19-11-15(5-10-18(19)28)12-24(13-25(24,29)30)22(36)37-23(2,3)4/h5-11,14,20H,12-13H2,1-4H3,(H,34,35)/t14-,20+,24?/m1/s1. The van der Waals surface area contributed by atoms with Crippen molar-refractivity contribution in [3.63, 3.8) is 0 Å². The van der Waals surface area contributed by atoms with Gasteiger partial charge in [-0.05, 0) is 62.6 Å². The van der Waals surface area contributed by atoms with Crippen molar-refractivity contribution in [2.75, 3.05) is 5.32 Å². The van der Waals surface area contributed by atoms with E-state index in [1.54, 1.807) is 20.8 Å². The Balaban J connectivity index is 1.90. The number of carbonyl (C=O) groups excluding carboxylic acids is 2. The van der Waals surface area contributed by atoms with Crippen molar-refractivity contribution < 1.29 is 36.3 Å². The number of amides is 1. The Hall–Kier alpha value is -2.39. The van der Waals surface area contributed by atoms with E-state index in [1.165, 1.54) is 42.5 Å². The Labute approximate surface area is 221 Å². The number of hydrogen-bond acceptors (Lipinski definition) is 3. The highest BCUT2D eigenvalue weighted by Gasteiger charge is 2.76. The predicted molar refractivity (Wildman–Crippen MR) is 131 cm³/mol. The maximum atomic E-state index is 14.4. The predicted octanol–water partition coefficient (Wildman–Crippen LogP) is 7.82. The molecule has 0 spiro atoms. The largest absolute Gasteiger partial charge is 0.459 e. The Bertz CT molecular complexity index is 1180. The lowest BCUT2D eigenvalue weighted by atomic mass is 9.85. The van der Waals surface area contributed by atoms with Crippen LogP contribution in [0.25, 0.3) is 0 Å². The van der Waals surface area contributed by atoms with Crippen molar-refractivity contribution in [3.05, 3.63) is 63.6 Å². The van der Waals surface area contributed by atoms with Crippen LogP contribution < -0.4 is 5.32 Å². The average Bonchev–Trinajstić information content (AvgIpc) is 3.31. The Morgan fingerprint density at radius 1 is 1.05 bits per heavy atom. The molecule has 4 nitrogen and oxygen atoms in total. The average molecular weight is 566 g/mol. The first kappa shape index (κ1) is 29.2. The number of hydrogen-bond donors (Lipinski definition) is 1. The summed E-state index contributed by atoms with van der Waals surface area (Å²) in [5.74, 6) is -9.04. The third-order valence-electron chi connectivity index (χ3n) is 6.21. The number of benzene rings is 2. The van der Waals surface area contributed by atoms with Crippen molar-refractivity contribution in [1.82, 2.24) is 0 Å². The Kier molecular flexibility index (Phi) is 7.93. The topological polar surface area (TPSA) is 55.4 Å². The van der Waals surface area contributed by atoms with Gasteiger partial charge >= 0.3 is 12.1 Å². The summed E-state index contributed by atoms with van der Waals surface area (Å²) < 4.78 is 74.8. The van der Waals surface area contributed by atoms with Gasteiger partial charge in [-0.3, -0.25) is 9.59 Å². The summed E-state index contributed by atoms with van der Waals surface area (Å²) in [5, 5.41) is 2.68. The quantitative estimate of drug-likeness (QED) is 0.275. The van der Waals surface area contributed by atoms with Gasteiger partial charge in [0.2, 0.25) is 5.91 Å². The molecule has 3 rings (SSSR count). The third kappa shape index (κ3) is 6.55. The smallest absolute Gasteiger partial charge is 0.392 e. The first-order valence-corrected chi connectivity index (χ1v) is 12.1. The lowest BCUT2D eigenvalue weighted by Gasteiger charge is -2.26. The first-order chi connectivity index (χ1) is 16.9. The summed E-state index contributed by atoms with van der Waals surface area (Å²) in [6, 6.07) is 9.41. The van der Waals surface area contributed by atoms with Gasteiger partial charge in [0, 0.05) is 11.4 Å². The van der Waals surface area contributed by atoms with Gasteiger partial charge in [-0.25, -0.2) is 8.78 Å². The minimum atomic E-state index is -4.69. The zero-order valence-corrected chi connectivity index (χ0v) is 22.0. The lowest BCUT2D eigenvalue weighted by Crippen LogP contribution is -2.34. The van der Waals surface area contributed by atoms with E-state index in [-0.39, 0.29) is 26.9 Å². The van der Waals surface area contributed by atoms with Gasteiger partial charge in [-0.15, -0.1) is 0 Å². The van der Waals surface area contributed by atoms with Crippen LogP contribution in [0.5, 0.6) is 0 Å². The van der Waals surface area contributed by atoms with E-state index in [1.807, 2.05) is 0 Å². The van der Waals surface area contributed by atoms with E-state index >= 15 is 0 Å². The molecule has 1 unspecified atom stereocenters. The molecule has 0 heterocycles. The van der Waals surface area contributed by atoms with Crippen LogP contribution in [0.2, 0.25) is 10.0 Å².